The summed E-state index contributed by atoms with van der Waals surface area (Å²) in [5.74, 6) is 0.726. The Morgan fingerprint density at radius 3 is 2.45 bits per heavy atom. The van der Waals surface area contributed by atoms with E-state index in [1.807, 2.05) is 30.3 Å². The summed E-state index contributed by atoms with van der Waals surface area (Å²) in [5, 5.41) is 10.8. The number of benzene rings is 2. The molecule has 9 heteroatoms. The monoisotopic (exact) mass is 431 g/mol. The lowest BCUT2D eigenvalue weighted by Gasteiger charge is -2.12. The number of hydrogen-bond acceptors (Lipinski definition) is 6. The van der Waals surface area contributed by atoms with Crippen molar-refractivity contribution in [3.05, 3.63) is 54.1 Å². The van der Waals surface area contributed by atoms with Gasteiger partial charge in [-0.15, -0.1) is 0 Å². The molecule has 3 rings (SSSR count). The number of aliphatic imine (C=N–C) groups is 1. The summed E-state index contributed by atoms with van der Waals surface area (Å²) in [5.41, 5.74) is 2.08. The molecule has 0 saturated carbocycles. The molecule has 0 atom stereocenters. The van der Waals surface area contributed by atoms with Crippen LogP contribution in [0.1, 0.15) is 5.56 Å². The molecular weight excluding hydrogens is 406 g/mol. The van der Waals surface area contributed by atoms with Crippen molar-refractivity contribution in [1.29, 1.82) is 0 Å². The Balaban J connectivity index is 1.38. The summed E-state index contributed by atoms with van der Waals surface area (Å²) >= 11 is 1.64. The molecule has 0 saturated heterocycles. The molecule has 3 N–H and O–H groups in total. The van der Waals surface area contributed by atoms with Crippen LogP contribution in [0.4, 0.5) is 5.13 Å². The predicted molar refractivity (Wildman–Crippen MR) is 121 cm³/mol. The molecule has 1 aromatic heterocycles. The van der Waals surface area contributed by atoms with Gasteiger partial charge in [-0.1, -0.05) is 35.6 Å². The van der Waals surface area contributed by atoms with Crippen LogP contribution >= 0.6 is 11.3 Å². The number of hydrogen-bond donors (Lipinski definition) is 3. The topological polar surface area (TPSA) is 95.5 Å². The van der Waals surface area contributed by atoms with Crippen LogP contribution in [0.2, 0.25) is 0 Å². The van der Waals surface area contributed by atoms with Crippen molar-refractivity contribution >= 4 is 42.5 Å². The number of fused-ring (bicyclic) bond motifs is 1. The number of guanidine groups is 1. The summed E-state index contributed by atoms with van der Waals surface area (Å²) in [6, 6.07) is 15.1. The number of anilines is 1. The highest BCUT2D eigenvalue weighted by Gasteiger charge is 2.06. The van der Waals surface area contributed by atoms with Crippen molar-refractivity contribution < 1.29 is 8.42 Å². The molecule has 3 aromatic rings. The number of thiazole rings is 1. The van der Waals surface area contributed by atoms with Gasteiger partial charge in [0, 0.05) is 32.9 Å². The number of rotatable bonds is 8. The van der Waals surface area contributed by atoms with Gasteiger partial charge in [-0.2, -0.15) is 0 Å². The number of nitrogens with zero attached hydrogens (tertiary/aromatic N) is 2. The van der Waals surface area contributed by atoms with Gasteiger partial charge in [-0.25, -0.2) is 13.4 Å². The second-order valence-electron chi connectivity index (χ2n) is 6.51. The Morgan fingerprint density at radius 1 is 1.03 bits per heavy atom. The van der Waals surface area contributed by atoms with Crippen LogP contribution in [0.25, 0.3) is 10.2 Å². The van der Waals surface area contributed by atoms with Crippen LogP contribution in [0.5, 0.6) is 0 Å². The van der Waals surface area contributed by atoms with Crippen LogP contribution in [-0.4, -0.2) is 52.3 Å². The van der Waals surface area contributed by atoms with Gasteiger partial charge < -0.3 is 16.0 Å². The molecule has 0 aliphatic heterocycles. The van der Waals surface area contributed by atoms with E-state index < -0.39 is 9.84 Å². The van der Waals surface area contributed by atoms with Gasteiger partial charge >= 0.3 is 0 Å². The van der Waals surface area contributed by atoms with E-state index in [1.54, 1.807) is 30.5 Å². The van der Waals surface area contributed by atoms with Gasteiger partial charge in [0.1, 0.15) is 0 Å². The van der Waals surface area contributed by atoms with E-state index >= 15 is 0 Å². The molecule has 1 heterocycles. The summed E-state index contributed by atoms with van der Waals surface area (Å²) in [6.07, 6.45) is 1.99. The minimum atomic E-state index is -3.15. The van der Waals surface area contributed by atoms with Crippen LogP contribution in [0, 0.1) is 0 Å². The largest absolute Gasteiger partial charge is 0.360 e. The van der Waals surface area contributed by atoms with Crippen molar-refractivity contribution in [2.75, 3.05) is 38.3 Å². The van der Waals surface area contributed by atoms with Gasteiger partial charge in [0.25, 0.3) is 0 Å². The van der Waals surface area contributed by atoms with Crippen molar-refractivity contribution in [1.82, 2.24) is 15.6 Å². The van der Waals surface area contributed by atoms with Crippen molar-refractivity contribution in [3.8, 4) is 0 Å². The highest BCUT2D eigenvalue weighted by atomic mass is 32.2. The lowest BCUT2D eigenvalue weighted by Crippen LogP contribution is -2.40. The molecular formula is C20H25N5O2S2. The second-order valence-corrected chi connectivity index (χ2v) is 9.55. The molecule has 7 nitrogen and oxygen atoms in total. The van der Waals surface area contributed by atoms with Crippen LogP contribution in [0.15, 0.2) is 58.4 Å². The fourth-order valence-corrected chi connectivity index (χ4v) is 4.27. The summed E-state index contributed by atoms with van der Waals surface area (Å²) in [4.78, 5) is 9.11. The minimum absolute atomic E-state index is 0.340. The van der Waals surface area contributed by atoms with E-state index in [1.165, 1.54) is 11.0 Å². The normalized spacial score (nSPS) is 12.1. The zero-order valence-electron chi connectivity index (χ0n) is 16.5. The van der Waals surface area contributed by atoms with E-state index in [9.17, 15) is 8.42 Å². The predicted octanol–water partition coefficient (Wildman–Crippen LogP) is 2.52. The quantitative estimate of drug-likeness (QED) is 0.288. The first-order valence-electron chi connectivity index (χ1n) is 9.28. The Labute approximate surface area is 175 Å². The third kappa shape index (κ3) is 6.16. The Kier molecular flexibility index (Phi) is 7.05. The third-order valence-electron chi connectivity index (χ3n) is 4.27. The molecule has 2 aromatic carbocycles. The molecule has 154 valence electrons. The maximum absolute atomic E-state index is 11.5. The maximum Gasteiger partial charge on any atom is 0.191 e. The SMILES string of the molecule is CN=C(NCCNc1nc2ccccc2s1)NCCc1ccc(S(C)(=O)=O)cc1. The molecule has 0 radical (unpaired) electrons. The average molecular weight is 432 g/mol. The highest BCUT2D eigenvalue weighted by Crippen LogP contribution is 2.24. The lowest BCUT2D eigenvalue weighted by molar-refractivity contribution is 0.602. The molecule has 0 fully saturated rings. The Bertz CT molecular complexity index is 1040. The molecule has 0 aliphatic carbocycles. The van der Waals surface area contributed by atoms with E-state index in [0.29, 0.717) is 18.0 Å². The van der Waals surface area contributed by atoms with Crippen LogP contribution in [-0.2, 0) is 16.3 Å². The van der Waals surface area contributed by atoms with E-state index in [-0.39, 0.29) is 0 Å². The summed E-state index contributed by atoms with van der Waals surface area (Å²) in [6.45, 7) is 2.13. The second kappa shape index (κ2) is 9.71. The van der Waals surface area contributed by atoms with Crippen LogP contribution in [0.3, 0.4) is 0 Å². The van der Waals surface area contributed by atoms with E-state index in [0.717, 1.165) is 35.1 Å². The van der Waals surface area contributed by atoms with E-state index in [4.69, 9.17) is 0 Å². The highest BCUT2D eigenvalue weighted by molar-refractivity contribution is 7.90. The summed E-state index contributed by atoms with van der Waals surface area (Å²) in [7, 11) is -1.42. The van der Waals surface area contributed by atoms with E-state index in [2.05, 4.69) is 32.0 Å². The Morgan fingerprint density at radius 2 is 1.76 bits per heavy atom. The minimum Gasteiger partial charge on any atom is -0.360 e. The van der Waals surface area contributed by atoms with Crippen molar-refractivity contribution in [3.63, 3.8) is 0 Å². The summed E-state index contributed by atoms with van der Waals surface area (Å²) < 4.78 is 24.2. The van der Waals surface area contributed by atoms with Gasteiger partial charge in [0.2, 0.25) is 0 Å². The number of para-hydroxylation sites is 1. The number of nitrogens with one attached hydrogen (secondary N) is 3. The molecule has 0 bridgehead atoms. The number of aromatic nitrogens is 1. The Hall–Kier alpha value is -2.65. The number of sulfone groups is 1. The third-order valence-corrected chi connectivity index (χ3v) is 6.39. The first-order chi connectivity index (χ1) is 14.0. The fourth-order valence-electron chi connectivity index (χ4n) is 2.75. The molecule has 0 spiro atoms. The fraction of sp³-hybridized carbons (Fsp3) is 0.300. The lowest BCUT2D eigenvalue weighted by atomic mass is 10.1. The van der Waals surface area contributed by atoms with Crippen molar-refractivity contribution in [2.24, 2.45) is 4.99 Å². The zero-order chi connectivity index (χ0) is 20.7. The average Bonchev–Trinajstić information content (AvgIpc) is 3.12. The maximum atomic E-state index is 11.5. The van der Waals surface area contributed by atoms with Crippen LogP contribution < -0.4 is 16.0 Å². The molecule has 29 heavy (non-hydrogen) atoms. The van der Waals surface area contributed by atoms with Gasteiger partial charge in [-0.3, -0.25) is 4.99 Å². The smallest absolute Gasteiger partial charge is 0.191 e. The van der Waals surface area contributed by atoms with Crippen molar-refractivity contribution in [2.45, 2.75) is 11.3 Å². The van der Waals surface area contributed by atoms with Gasteiger partial charge in [0.05, 0.1) is 15.1 Å². The molecule has 0 unspecified atom stereocenters. The molecule has 0 aliphatic rings. The standard InChI is InChI=1S/C20H25N5O2S2/c1-21-19(22-12-11-15-7-9-16(10-8-15)29(2,26)27)23-13-14-24-20-25-17-5-3-4-6-18(17)28-20/h3-10H,11-14H2,1-2H3,(H,24,25)(H2,21,22,23). The van der Waals surface area contributed by atoms with Gasteiger partial charge in [0.15, 0.2) is 20.9 Å². The zero-order valence-corrected chi connectivity index (χ0v) is 18.1. The first kappa shape index (κ1) is 21.1. The molecule has 0 amide bonds. The first-order valence-corrected chi connectivity index (χ1v) is 12.0. The van der Waals surface area contributed by atoms with Gasteiger partial charge in [-0.05, 0) is 36.2 Å².